The summed E-state index contributed by atoms with van der Waals surface area (Å²) < 4.78 is 0. The molecule has 0 radical (unpaired) electrons. The molecule has 0 aliphatic heterocycles. The predicted octanol–water partition coefficient (Wildman–Crippen LogP) is 2.98. The topological polar surface area (TPSA) is 12.0 Å². The molecule has 0 aromatic carbocycles. The smallest absolute Gasteiger partial charge is 0.00173 e. The van der Waals surface area contributed by atoms with E-state index in [0.717, 1.165) is 18.4 Å². The van der Waals surface area contributed by atoms with Crippen LogP contribution in [-0.4, -0.2) is 13.6 Å². The normalized spacial score (nSPS) is 29.7. The zero-order valence-corrected chi connectivity index (χ0v) is 9.05. The van der Waals surface area contributed by atoms with Crippen LogP contribution in [0, 0.1) is 11.8 Å². The number of hydrogen-bond acceptors (Lipinski definition) is 1. The molecule has 13 heavy (non-hydrogen) atoms. The van der Waals surface area contributed by atoms with E-state index in [2.05, 4.69) is 24.4 Å². The molecule has 1 N–H and O–H groups in total. The lowest BCUT2D eigenvalue weighted by Gasteiger charge is -2.23. The molecule has 0 unspecified atom stereocenters. The average molecular weight is 181 g/mol. The summed E-state index contributed by atoms with van der Waals surface area (Å²) in [5.41, 5.74) is 0. The van der Waals surface area contributed by atoms with E-state index in [1.54, 1.807) is 0 Å². The Morgan fingerprint density at radius 3 is 2.54 bits per heavy atom. The van der Waals surface area contributed by atoms with Gasteiger partial charge >= 0.3 is 0 Å². The highest BCUT2D eigenvalue weighted by molar-refractivity contribution is 4.90. The van der Waals surface area contributed by atoms with Gasteiger partial charge in [0.15, 0.2) is 0 Å². The Labute approximate surface area is 82.6 Å². The summed E-state index contributed by atoms with van der Waals surface area (Å²) in [6.07, 6.45) is 11.7. The van der Waals surface area contributed by atoms with Crippen molar-refractivity contribution in [3.8, 4) is 0 Å². The second-order valence-electron chi connectivity index (χ2n) is 4.34. The molecule has 1 saturated carbocycles. The minimum Gasteiger partial charge on any atom is -0.319 e. The maximum atomic E-state index is 3.16. The Hall–Kier alpha value is -0.300. The first-order chi connectivity index (χ1) is 6.33. The standard InChI is InChI=1S/C12H23N/c1-11-6-8-12(9-7-11)5-3-4-10-13-2/h3,5,11-13H,4,6-10H2,1-2H3. The predicted molar refractivity (Wildman–Crippen MR) is 58.8 cm³/mol. The molecule has 76 valence electrons. The van der Waals surface area contributed by atoms with Crippen molar-refractivity contribution in [2.24, 2.45) is 11.8 Å². The van der Waals surface area contributed by atoms with Crippen LogP contribution in [-0.2, 0) is 0 Å². The van der Waals surface area contributed by atoms with Gasteiger partial charge < -0.3 is 5.32 Å². The van der Waals surface area contributed by atoms with Crippen LogP contribution >= 0.6 is 0 Å². The third-order valence-electron chi connectivity index (χ3n) is 3.03. The van der Waals surface area contributed by atoms with Gasteiger partial charge in [-0.25, -0.2) is 0 Å². The van der Waals surface area contributed by atoms with Crippen molar-refractivity contribution < 1.29 is 0 Å². The molecule has 0 aromatic rings. The summed E-state index contributed by atoms with van der Waals surface area (Å²) in [7, 11) is 2.01. The summed E-state index contributed by atoms with van der Waals surface area (Å²) in [4.78, 5) is 0. The monoisotopic (exact) mass is 181 g/mol. The van der Waals surface area contributed by atoms with Gasteiger partial charge in [0.2, 0.25) is 0 Å². The summed E-state index contributed by atoms with van der Waals surface area (Å²) >= 11 is 0. The highest BCUT2D eigenvalue weighted by Gasteiger charge is 2.15. The quantitative estimate of drug-likeness (QED) is 0.519. The maximum Gasteiger partial charge on any atom is -0.00173 e. The van der Waals surface area contributed by atoms with E-state index in [4.69, 9.17) is 0 Å². The van der Waals surface area contributed by atoms with Crippen LogP contribution < -0.4 is 5.32 Å². The van der Waals surface area contributed by atoms with Crippen molar-refractivity contribution in [3.63, 3.8) is 0 Å². The van der Waals surface area contributed by atoms with E-state index in [-0.39, 0.29) is 0 Å². The Balaban J connectivity index is 2.11. The molecule has 1 fully saturated rings. The van der Waals surface area contributed by atoms with Gasteiger partial charge in [-0.3, -0.25) is 0 Å². The second-order valence-corrected chi connectivity index (χ2v) is 4.34. The van der Waals surface area contributed by atoms with Gasteiger partial charge in [0.05, 0.1) is 0 Å². The van der Waals surface area contributed by atoms with Crippen LogP contribution in [0.1, 0.15) is 39.0 Å². The second kappa shape index (κ2) is 6.20. The molecule has 1 rings (SSSR count). The van der Waals surface area contributed by atoms with Crippen molar-refractivity contribution in [2.75, 3.05) is 13.6 Å². The Morgan fingerprint density at radius 1 is 1.23 bits per heavy atom. The van der Waals surface area contributed by atoms with Gasteiger partial charge in [-0.1, -0.05) is 31.9 Å². The van der Waals surface area contributed by atoms with Crippen molar-refractivity contribution in [2.45, 2.75) is 39.0 Å². The molecule has 0 saturated heterocycles. The maximum absolute atomic E-state index is 3.16. The fourth-order valence-corrected chi connectivity index (χ4v) is 1.99. The van der Waals surface area contributed by atoms with E-state index in [1.165, 1.54) is 32.1 Å². The zero-order chi connectivity index (χ0) is 9.52. The first kappa shape index (κ1) is 10.8. The van der Waals surface area contributed by atoms with Crippen LogP contribution in [0.5, 0.6) is 0 Å². The molecule has 1 aliphatic rings. The Kier molecular flexibility index (Phi) is 5.14. The molecule has 1 heteroatoms. The molecule has 0 atom stereocenters. The minimum atomic E-state index is 0.882. The van der Waals surface area contributed by atoms with Crippen molar-refractivity contribution >= 4 is 0 Å². The molecule has 1 nitrogen and oxygen atoms in total. The van der Waals surface area contributed by atoms with Crippen molar-refractivity contribution in [1.82, 2.24) is 5.32 Å². The lowest BCUT2D eigenvalue weighted by Crippen LogP contribution is -2.10. The fraction of sp³-hybridized carbons (Fsp3) is 0.833. The molecule has 1 aliphatic carbocycles. The van der Waals surface area contributed by atoms with Crippen LogP contribution in [0.2, 0.25) is 0 Å². The molecule has 0 bridgehead atoms. The number of rotatable bonds is 4. The van der Waals surface area contributed by atoms with Gasteiger partial charge in [-0.05, 0) is 44.7 Å². The van der Waals surface area contributed by atoms with Gasteiger partial charge in [0, 0.05) is 0 Å². The zero-order valence-electron chi connectivity index (χ0n) is 9.05. The van der Waals surface area contributed by atoms with E-state index < -0.39 is 0 Å². The van der Waals surface area contributed by atoms with E-state index in [9.17, 15) is 0 Å². The van der Waals surface area contributed by atoms with Gasteiger partial charge in [-0.15, -0.1) is 0 Å². The van der Waals surface area contributed by atoms with E-state index >= 15 is 0 Å². The highest BCUT2D eigenvalue weighted by Crippen LogP contribution is 2.28. The van der Waals surface area contributed by atoms with Crippen molar-refractivity contribution in [3.05, 3.63) is 12.2 Å². The average Bonchev–Trinajstić information content (AvgIpc) is 2.15. The summed E-state index contributed by atoms with van der Waals surface area (Å²) in [5, 5.41) is 3.16. The molecular weight excluding hydrogens is 158 g/mol. The van der Waals surface area contributed by atoms with Crippen LogP contribution in [0.25, 0.3) is 0 Å². The molecule has 0 aromatic heterocycles. The Morgan fingerprint density at radius 2 is 1.92 bits per heavy atom. The van der Waals surface area contributed by atoms with Gasteiger partial charge in [0.25, 0.3) is 0 Å². The first-order valence-electron chi connectivity index (χ1n) is 5.64. The Bertz CT molecular complexity index is 143. The highest BCUT2D eigenvalue weighted by atomic mass is 14.8. The van der Waals surface area contributed by atoms with Crippen LogP contribution in [0.3, 0.4) is 0 Å². The number of hydrogen-bond donors (Lipinski definition) is 1. The summed E-state index contributed by atoms with van der Waals surface area (Å²) in [6, 6.07) is 0. The van der Waals surface area contributed by atoms with Crippen LogP contribution in [0.15, 0.2) is 12.2 Å². The minimum absolute atomic E-state index is 0.882. The first-order valence-corrected chi connectivity index (χ1v) is 5.64. The van der Waals surface area contributed by atoms with E-state index in [0.29, 0.717) is 0 Å². The summed E-state index contributed by atoms with van der Waals surface area (Å²) in [6.45, 7) is 3.49. The SMILES string of the molecule is CNCCC=CC1CCC(C)CC1. The third-order valence-corrected chi connectivity index (χ3v) is 3.03. The summed E-state index contributed by atoms with van der Waals surface area (Å²) in [5.74, 6) is 1.86. The molecule has 0 heterocycles. The fourth-order valence-electron chi connectivity index (χ4n) is 1.99. The third kappa shape index (κ3) is 4.47. The molecular formula is C12H23N. The molecule has 0 amide bonds. The van der Waals surface area contributed by atoms with E-state index in [1.807, 2.05) is 7.05 Å². The molecule has 0 spiro atoms. The lowest BCUT2D eigenvalue weighted by atomic mass is 9.83. The van der Waals surface area contributed by atoms with Gasteiger partial charge in [-0.2, -0.15) is 0 Å². The number of nitrogens with one attached hydrogen (secondary N) is 1. The van der Waals surface area contributed by atoms with Gasteiger partial charge in [0.1, 0.15) is 0 Å². The largest absolute Gasteiger partial charge is 0.319 e. The van der Waals surface area contributed by atoms with Crippen molar-refractivity contribution in [1.29, 1.82) is 0 Å². The van der Waals surface area contributed by atoms with Crippen LogP contribution in [0.4, 0.5) is 0 Å². The lowest BCUT2D eigenvalue weighted by molar-refractivity contribution is 0.330. The number of allylic oxidation sites excluding steroid dienone is 1.